The molecular weight excluding hydrogens is 478 g/mol. The Morgan fingerprint density at radius 3 is 2.56 bits per heavy atom. The molecule has 0 unspecified atom stereocenters. The molecule has 160 valence electrons. The van der Waals surface area contributed by atoms with Crippen LogP contribution in [0.15, 0.2) is 76.8 Å². The molecule has 1 amide bonds. The molecule has 9 heteroatoms. The largest absolute Gasteiger partial charge is 0.506 e. The molecule has 0 aliphatic rings. The third-order valence-electron chi connectivity index (χ3n) is 4.31. The Hall–Kier alpha value is -4.16. The Bertz CT molecular complexity index is 1240. The summed E-state index contributed by atoms with van der Waals surface area (Å²) in [7, 11) is 0. The van der Waals surface area contributed by atoms with Gasteiger partial charge in [0.1, 0.15) is 29.7 Å². The van der Waals surface area contributed by atoms with Crippen molar-refractivity contribution in [3.63, 3.8) is 0 Å². The number of amides is 1. The average molecular weight is 494 g/mol. The molecule has 2 N–H and O–H groups in total. The number of nitrogens with zero attached hydrogens (tertiary/aromatic N) is 2. The van der Waals surface area contributed by atoms with E-state index in [4.69, 9.17) is 4.74 Å². The molecule has 32 heavy (non-hydrogen) atoms. The van der Waals surface area contributed by atoms with E-state index in [9.17, 15) is 25.3 Å². The fourth-order valence-corrected chi connectivity index (χ4v) is 3.21. The van der Waals surface area contributed by atoms with E-state index >= 15 is 0 Å². The lowest BCUT2D eigenvalue weighted by molar-refractivity contribution is -0.384. The zero-order valence-corrected chi connectivity index (χ0v) is 18.1. The van der Waals surface area contributed by atoms with E-state index in [-0.39, 0.29) is 16.9 Å². The third kappa shape index (κ3) is 5.71. The molecular formula is C23H16BrN3O5. The molecule has 0 saturated carbocycles. The Morgan fingerprint density at radius 2 is 1.94 bits per heavy atom. The summed E-state index contributed by atoms with van der Waals surface area (Å²) in [5, 5.41) is 32.4. The number of ether oxygens (including phenoxy) is 1. The lowest BCUT2D eigenvalue weighted by Gasteiger charge is -2.09. The SMILES string of the molecule is N#C/C(=C/c1ccc(OCc2ccccc2)c(Br)c1)C(=O)Nc1ccc([N+](=O)[O-])cc1O. The minimum absolute atomic E-state index is 0.0485. The summed E-state index contributed by atoms with van der Waals surface area (Å²) in [6.07, 6.45) is 1.38. The van der Waals surface area contributed by atoms with Crippen LogP contribution < -0.4 is 10.1 Å². The average Bonchev–Trinajstić information content (AvgIpc) is 2.78. The minimum atomic E-state index is -0.767. The summed E-state index contributed by atoms with van der Waals surface area (Å²) < 4.78 is 6.43. The molecule has 3 rings (SSSR count). The van der Waals surface area contributed by atoms with Crippen molar-refractivity contribution >= 4 is 39.3 Å². The number of hydrogen-bond acceptors (Lipinski definition) is 6. The third-order valence-corrected chi connectivity index (χ3v) is 4.93. The number of nitro benzene ring substituents is 1. The number of nitriles is 1. The maximum atomic E-state index is 12.4. The van der Waals surface area contributed by atoms with Crippen molar-refractivity contribution in [1.29, 1.82) is 5.26 Å². The van der Waals surface area contributed by atoms with Crippen molar-refractivity contribution < 1.29 is 19.6 Å². The number of halogens is 1. The predicted molar refractivity (Wildman–Crippen MR) is 122 cm³/mol. The van der Waals surface area contributed by atoms with Gasteiger partial charge in [0.05, 0.1) is 21.1 Å². The Kier molecular flexibility index (Phi) is 7.21. The van der Waals surface area contributed by atoms with E-state index in [1.165, 1.54) is 12.1 Å². The van der Waals surface area contributed by atoms with Gasteiger partial charge in [-0.25, -0.2) is 0 Å². The number of phenols is 1. The first-order valence-corrected chi connectivity index (χ1v) is 10.0. The number of carbonyl (C=O) groups excluding carboxylic acids is 1. The first kappa shape index (κ1) is 22.5. The van der Waals surface area contributed by atoms with Crippen LogP contribution in [0.2, 0.25) is 0 Å². The summed E-state index contributed by atoms with van der Waals surface area (Å²) in [4.78, 5) is 22.5. The van der Waals surface area contributed by atoms with Gasteiger partial charge in [0.25, 0.3) is 11.6 Å². The van der Waals surface area contributed by atoms with Crippen molar-refractivity contribution in [3.8, 4) is 17.6 Å². The number of nitro groups is 1. The molecule has 0 aromatic heterocycles. The topological polar surface area (TPSA) is 125 Å². The molecule has 0 bridgehead atoms. The highest BCUT2D eigenvalue weighted by atomic mass is 79.9. The maximum Gasteiger partial charge on any atom is 0.273 e. The molecule has 3 aromatic rings. The highest BCUT2D eigenvalue weighted by molar-refractivity contribution is 9.10. The number of aromatic hydroxyl groups is 1. The van der Waals surface area contributed by atoms with Crippen molar-refractivity contribution in [2.45, 2.75) is 6.61 Å². The van der Waals surface area contributed by atoms with Crippen LogP contribution in [0.4, 0.5) is 11.4 Å². The number of hydrogen-bond donors (Lipinski definition) is 2. The zero-order chi connectivity index (χ0) is 23.1. The molecule has 0 spiro atoms. The number of phenolic OH excluding ortho intramolecular Hbond substituents is 1. The van der Waals surface area contributed by atoms with Gasteiger partial charge in [0, 0.05) is 6.07 Å². The standard InChI is InChI=1S/C23H16BrN3O5/c24-19-11-16(6-9-22(19)32-14-15-4-2-1-3-5-15)10-17(13-25)23(29)26-20-8-7-18(27(30)31)12-21(20)28/h1-12,28H,14H2,(H,26,29)/b17-10-. The van der Waals surface area contributed by atoms with Gasteiger partial charge in [-0.05, 0) is 51.3 Å². The van der Waals surface area contributed by atoms with Gasteiger partial charge in [-0.2, -0.15) is 5.26 Å². The van der Waals surface area contributed by atoms with Crippen LogP contribution >= 0.6 is 15.9 Å². The van der Waals surface area contributed by atoms with Crippen LogP contribution in [0.1, 0.15) is 11.1 Å². The van der Waals surface area contributed by atoms with E-state index in [1.807, 2.05) is 36.4 Å². The van der Waals surface area contributed by atoms with Crippen molar-refractivity contribution in [2.75, 3.05) is 5.32 Å². The number of rotatable bonds is 7. The molecule has 0 aliphatic carbocycles. The molecule has 0 aliphatic heterocycles. The number of non-ortho nitro benzene ring substituents is 1. The van der Waals surface area contributed by atoms with Gasteiger partial charge in [-0.3, -0.25) is 14.9 Å². The first-order chi connectivity index (χ1) is 15.4. The molecule has 8 nitrogen and oxygen atoms in total. The molecule has 0 radical (unpaired) electrons. The van der Waals surface area contributed by atoms with Crippen LogP contribution in [0.5, 0.6) is 11.5 Å². The quantitative estimate of drug-likeness (QED) is 0.153. The fraction of sp³-hybridized carbons (Fsp3) is 0.0435. The van der Waals surface area contributed by atoms with Crippen LogP contribution in [-0.2, 0) is 11.4 Å². The summed E-state index contributed by atoms with van der Waals surface area (Å²) >= 11 is 3.43. The lowest BCUT2D eigenvalue weighted by Crippen LogP contribution is -2.13. The predicted octanol–water partition coefficient (Wildman–Crippen LogP) is 5.19. The monoisotopic (exact) mass is 493 g/mol. The number of anilines is 1. The van der Waals surface area contributed by atoms with Crippen LogP contribution in [0.3, 0.4) is 0 Å². The number of carbonyl (C=O) groups is 1. The van der Waals surface area contributed by atoms with Gasteiger partial charge in [-0.15, -0.1) is 0 Å². The summed E-state index contributed by atoms with van der Waals surface area (Å²) in [5.41, 5.74) is 1.00. The summed E-state index contributed by atoms with van der Waals surface area (Å²) in [6, 6.07) is 19.8. The Balaban J connectivity index is 1.72. The van der Waals surface area contributed by atoms with Crippen molar-refractivity contribution in [1.82, 2.24) is 0 Å². The van der Waals surface area contributed by atoms with Gasteiger partial charge in [-0.1, -0.05) is 36.4 Å². The van der Waals surface area contributed by atoms with Gasteiger partial charge in [0.2, 0.25) is 0 Å². The van der Waals surface area contributed by atoms with Crippen LogP contribution in [0.25, 0.3) is 6.08 Å². The van der Waals surface area contributed by atoms with E-state index in [2.05, 4.69) is 21.2 Å². The van der Waals surface area contributed by atoms with Gasteiger partial charge < -0.3 is 15.2 Å². The first-order valence-electron chi connectivity index (χ1n) is 9.24. The number of nitrogens with one attached hydrogen (secondary N) is 1. The second kappa shape index (κ2) is 10.2. The Labute approximate surface area is 191 Å². The van der Waals surface area contributed by atoms with Gasteiger partial charge in [0.15, 0.2) is 0 Å². The lowest BCUT2D eigenvalue weighted by atomic mass is 10.1. The van der Waals surface area contributed by atoms with E-state index in [0.717, 1.165) is 17.7 Å². The molecule has 0 heterocycles. The normalized spacial score (nSPS) is 10.8. The van der Waals surface area contributed by atoms with Gasteiger partial charge >= 0.3 is 0 Å². The highest BCUT2D eigenvalue weighted by Crippen LogP contribution is 2.29. The Morgan fingerprint density at radius 1 is 1.19 bits per heavy atom. The van der Waals surface area contributed by atoms with Crippen molar-refractivity contribution in [2.24, 2.45) is 0 Å². The van der Waals surface area contributed by atoms with E-state index < -0.39 is 16.6 Å². The van der Waals surface area contributed by atoms with E-state index in [0.29, 0.717) is 22.4 Å². The smallest absolute Gasteiger partial charge is 0.273 e. The maximum absolute atomic E-state index is 12.4. The highest BCUT2D eigenvalue weighted by Gasteiger charge is 2.15. The molecule has 3 aromatic carbocycles. The molecule has 0 atom stereocenters. The summed E-state index contributed by atoms with van der Waals surface area (Å²) in [6.45, 7) is 0.388. The fourth-order valence-electron chi connectivity index (χ4n) is 2.70. The molecule has 0 saturated heterocycles. The van der Waals surface area contributed by atoms with E-state index in [1.54, 1.807) is 18.2 Å². The second-order valence-electron chi connectivity index (χ2n) is 6.55. The molecule has 0 fully saturated rings. The van der Waals surface area contributed by atoms with Crippen molar-refractivity contribution in [3.05, 3.63) is 98.0 Å². The second-order valence-corrected chi connectivity index (χ2v) is 7.40. The minimum Gasteiger partial charge on any atom is -0.506 e. The zero-order valence-electron chi connectivity index (χ0n) is 16.5. The van der Waals surface area contributed by atoms with Crippen LogP contribution in [-0.4, -0.2) is 15.9 Å². The summed E-state index contributed by atoms with van der Waals surface area (Å²) in [5.74, 6) is -0.644. The number of benzene rings is 3. The van der Waals surface area contributed by atoms with Crippen LogP contribution in [0, 0.1) is 21.4 Å².